The zero-order valence-corrected chi connectivity index (χ0v) is 7.32. The first-order chi connectivity index (χ1) is 6.16. The molecule has 0 aromatic rings. The molecule has 13 heavy (non-hydrogen) atoms. The minimum Gasteiger partial charge on any atom is -0.481 e. The Hall–Kier alpha value is -1.12. The van der Waals surface area contributed by atoms with E-state index in [0.29, 0.717) is 18.8 Å². The lowest BCUT2D eigenvalue weighted by molar-refractivity contribution is -0.141. The molecule has 0 spiro atoms. The second-order valence-electron chi connectivity index (χ2n) is 3.90. The van der Waals surface area contributed by atoms with Gasteiger partial charge in [-0.25, -0.2) is 0 Å². The first-order valence-electron chi connectivity index (χ1n) is 4.63. The van der Waals surface area contributed by atoms with Crippen molar-refractivity contribution in [3.8, 4) is 0 Å². The molecule has 0 unspecified atom stereocenters. The number of carboxylic acids is 1. The van der Waals surface area contributed by atoms with Crippen LogP contribution >= 0.6 is 0 Å². The van der Waals surface area contributed by atoms with Crippen molar-refractivity contribution in [1.29, 1.82) is 0 Å². The summed E-state index contributed by atoms with van der Waals surface area (Å²) in [4.78, 5) is 21.8. The highest BCUT2D eigenvalue weighted by Gasteiger charge is 2.35. The quantitative estimate of drug-likeness (QED) is 0.663. The Morgan fingerprint density at radius 1 is 1.54 bits per heavy atom. The third-order valence-corrected chi connectivity index (χ3v) is 3.01. The molecule has 0 aromatic carbocycles. The van der Waals surface area contributed by atoms with Gasteiger partial charge in [0.15, 0.2) is 5.78 Å². The van der Waals surface area contributed by atoms with E-state index in [1.807, 2.05) is 0 Å². The number of hydrogen-bond donors (Lipinski definition) is 1. The largest absolute Gasteiger partial charge is 0.481 e. The summed E-state index contributed by atoms with van der Waals surface area (Å²) in [5.74, 6) is -0.430. The Balaban J connectivity index is 2.15. The smallest absolute Gasteiger partial charge is 0.306 e. The van der Waals surface area contributed by atoms with Crippen molar-refractivity contribution in [2.24, 2.45) is 11.8 Å². The van der Waals surface area contributed by atoms with Crippen molar-refractivity contribution in [2.45, 2.75) is 25.7 Å². The number of carbonyl (C=O) groups excluding carboxylic acids is 1. The van der Waals surface area contributed by atoms with Gasteiger partial charge in [0, 0.05) is 6.42 Å². The first kappa shape index (κ1) is 8.48. The number of ketones is 1. The minimum absolute atomic E-state index is 0.164. The van der Waals surface area contributed by atoms with Gasteiger partial charge in [0.2, 0.25) is 0 Å². The summed E-state index contributed by atoms with van der Waals surface area (Å²) < 4.78 is 0. The van der Waals surface area contributed by atoms with Crippen LogP contribution in [-0.4, -0.2) is 16.9 Å². The average molecular weight is 180 g/mol. The highest BCUT2D eigenvalue weighted by molar-refractivity contribution is 5.91. The number of allylic oxidation sites excluding steroid dienone is 2. The maximum absolute atomic E-state index is 11.1. The Bertz CT molecular complexity index is 291. The van der Waals surface area contributed by atoms with Gasteiger partial charge in [-0.15, -0.1) is 0 Å². The molecule has 0 saturated heterocycles. The molecule has 1 N–H and O–H groups in total. The van der Waals surface area contributed by atoms with E-state index in [0.717, 1.165) is 18.4 Å². The summed E-state index contributed by atoms with van der Waals surface area (Å²) in [5, 5.41) is 8.81. The lowest BCUT2D eigenvalue weighted by Crippen LogP contribution is -2.10. The van der Waals surface area contributed by atoms with E-state index in [2.05, 4.69) is 0 Å². The fraction of sp³-hybridized carbons (Fsp3) is 0.600. The predicted octanol–water partition coefficient (Wildman–Crippen LogP) is 1.39. The molecule has 2 aliphatic rings. The monoisotopic (exact) mass is 180 g/mol. The Kier molecular flexibility index (Phi) is 1.94. The van der Waals surface area contributed by atoms with Gasteiger partial charge >= 0.3 is 5.97 Å². The molecule has 2 rings (SSSR count). The second kappa shape index (κ2) is 2.98. The molecule has 0 heterocycles. The van der Waals surface area contributed by atoms with E-state index in [-0.39, 0.29) is 11.7 Å². The van der Waals surface area contributed by atoms with Gasteiger partial charge in [0.05, 0.1) is 5.92 Å². The molecule has 0 bridgehead atoms. The van der Waals surface area contributed by atoms with Gasteiger partial charge in [-0.05, 0) is 31.3 Å². The lowest BCUT2D eigenvalue weighted by atomic mass is 9.90. The topological polar surface area (TPSA) is 54.4 Å². The third kappa shape index (κ3) is 1.50. The summed E-state index contributed by atoms with van der Waals surface area (Å²) in [7, 11) is 0. The number of carboxylic acid groups (broad SMARTS) is 1. The van der Waals surface area contributed by atoms with E-state index < -0.39 is 5.97 Å². The maximum atomic E-state index is 11.1. The molecule has 3 heteroatoms. The zero-order chi connectivity index (χ0) is 9.42. The van der Waals surface area contributed by atoms with Crippen molar-refractivity contribution in [1.82, 2.24) is 0 Å². The van der Waals surface area contributed by atoms with Crippen LogP contribution in [0.3, 0.4) is 0 Å². The zero-order valence-electron chi connectivity index (χ0n) is 7.32. The van der Waals surface area contributed by atoms with Crippen LogP contribution in [0.25, 0.3) is 0 Å². The first-order valence-corrected chi connectivity index (χ1v) is 4.63. The van der Waals surface area contributed by atoms with Crippen molar-refractivity contribution < 1.29 is 14.7 Å². The lowest BCUT2D eigenvalue weighted by Gasteiger charge is -2.14. The summed E-state index contributed by atoms with van der Waals surface area (Å²) >= 11 is 0. The van der Waals surface area contributed by atoms with Crippen molar-refractivity contribution in [2.75, 3.05) is 0 Å². The Morgan fingerprint density at radius 2 is 2.31 bits per heavy atom. The Morgan fingerprint density at radius 3 is 3.00 bits per heavy atom. The SMILES string of the molecule is O=C1C=C2C[C@H](C(=O)O)C[C@H]2CC1. The molecular weight excluding hydrogens is 168 g/mol. The number of fused-ring (bicyclic) bond motifs is 1. The van der Waals surface area contributed by atoms with Crippen LogP contribution in [0.15, 0.2) is 11.6 Å². The second-order valence-corrected chi connectivity index (χ2v) is 3.90. The van der Waals surface area contributed by atoms with E-state index in [4.69, 9.17) is 5.11 Å². The molecule has 70 valence electrons. The highest BCUT2D eigenvalue weighted by atomic mass is 16.4. The fourth-order valence-electron chi connectivity index (χ4n) is 2.29. The molecule has 0 radical (unpaired) electrons. The maximum Gasteiger partial charge on any atom is 0.306 e. The van der Waals surface area contributed by atoms with Gasteiger partial charge in [-0.1, -0.05) is 5.57 Å². The fourth-order valence-corrected chi connectivity index (χ4v) is 2.29. The van der Waals surface area contributed by atoms with E-state index in [1.54, 1.807) is 6.08 Å². The van der Waals surface area contributed by atoms with Crippen LogP contribution in [-0.2, 0) is 9.59 Å². The molecule has 0 aromatic heterocycles. The van der Waals surface area contributed by atoms with Crippen LogP contribution in [0.1, 0.15) is 25.7 Å². The normalized spacial score (nSPS) is 32.6. The van der Waals surface area contributed by atoms with Crippen molar-refractivity contribution >= 4 is 11.8 Å². The van der Waals surface area contributed by atoms with Crippen LogP contribution in [0.2, 0.25) is 0 Å². The molecule has 2 atom stereocenters. The molecule has 2 aliphatic carbocycles. The van der Waals surface area contributed by atoms with Crippen molar-refractivity contribution in [3.63, 3.8) is 0 Å². The number of aliphatic carboxylic acids is 1. The molecule has 1 saturated carbocycles. The molecule has 0 amide bonds. The van der Waals surface area contributed by atoms with Gasteiger partial charge in [-0.3, -0.25) is 9.59 Å². The van der Waals surface area contributed by atoms with Gasteiger partial charge in [-0.2, -0.15) is 0 Å². The van der Waals surface area contributed by atoms with Gasteiger partial charge in [0.1, 0.15) is 0 Å². The molecule has 1 fully saturated rings. The average Bonchev–Trinajstić information content (AvgIpc) is 2.46. The van der Waals surface area contributed by atoms with E-state index >= 15 is 0 Å². The predicted molar refractivity (Wildman–Crippen MR) is 46.2 cm³/mol. The number of hydrogen-bond acceptors (Lipinski definition) is 2. The van der Waals surface area contributed by atoms with Crippen molar-refractivity contribution in [3.05, 3.63) is 11.6 Å². The van der Waals surface area contributed by atoms with Crippen LogP contribution in [0.4, 0.5) is 0 Å². The third-order valence-electron chi connectivity index (χ3n) is 3.01. The number of carbonyl (C=O) groups is 2. The minimum atomic E-state index is -0.720. The van der Waals surface area contributed by atoms with E-state index in [1.165, 1.54) is 0 Å². The summed E-state index contributed by atoms with van der Waals surface area (Å²) in [6.45, 7) is 0. The van der Waals surface area contributed by atoms with Gasteiger partial charge < -0.3 is 5.11 Å². The molecule has 3 nitrogen and oxygen atoms in total. The van der Waals surface area contributed by atoms with Crippen LogP contribution in [0, 0.1) is 11.8 Å². The molecule has 0 aliphatic heterocycles. The van der Waals surface area contributed by atoms with Crippen LogP contribution in [0.5, 0.6) is 0 Å². The summed E-state index contributed by atoms with van der Waals surface area (Å²) in [6, 6.07) is 0. The Labute approximate surface area is 76.4 Å². The summed E-state index contributed by atoms with van der Waals surface area (Å²) in [5.41, 5.74) is 1.07. The van der Waals surface area contributed by atoms with Gasteiger partial charge in [0.25, 0.3) is 0 Å². The number of rotatable bonds is 1. The highest BCUT2D eigenvalue weighted by Crippen LogP contribution is 2.40. The standard InChI is InChI=1S/C10H12O3/c11-9-2-1-6-3-8(10(12)13)4-7(6)5-9/h5-6,8H,1-4H2,(H,12,13)/t6-,8-/m1/s1. The molecular formula is C10H12O3. The summed E-state index contributed by atoms with van der Waals surface area (Å²) in [6.07, 6.45) is 4.44. The van der Waals surface area contributed by atoms with E-state index in [9.17, 15) is 9.59 Å². The van der Waals surface area contributed by atoms with Crippen LogP contribution < -0.4 is 0 Å².